The van der Waals surface area contributed by atoms with E-state index in [-0.39, 0.29) is 11.2 Å². The molecule has 0 saturated heterocycles. The summed E-state index contributed by atoms with van der Waals surface area (Å²) in [5, 5.41) is 11.0. The highest BCUT2D eigenvalue weighted by atomic mass is 35.5. The number of carbonyl (C=O) groups is 1. The van der Waals surface area contributed by atoms with Gasteiger partial charge in [0, 0.05) is 11.6 Å². The first kappa shape index (κ1) is 14.3. The van der Waals surface area contributed by atoms with Crippen molar-refractivity contribution >= 4 is 40.6 Å². The zero-order valence-electron chi connectivity index (χ0n) is 10.2. The van der Waals surface area contributed by atoms with Gasteiger partial charge >= 0.3 is 0 Å². The van der Waals surface area contributed by atoms with Crippen LogP contribution < -0.4 is 5.32 Å². The third kappa shape index (κ3) is 4.19. The molecule has 2 rings (SSSR count). The van der Waals surface area contributed by atoms with E-state index in [1.807, 2.05) is 31.2 Å². The van der Waals surface area contributed by atoms with Crippen molar-refractivity contribution < 1.29 is 4.79 Å². The van der Waals surface area contributed by atoms with Gasteiger partial charge in [-0.3, -0.25) is 4.79 Å². The van der Waals surface area contributed by atoms with Crippen LogP contribution in [0, 0.1) is 0 Å². The molecule has 1 heterocycles. The number of carbonyl (C=O) groups excluding carboxylic acids is 1. The molecule has 1 N–H and O–H groups in total. The Balaban J connectivity index is 1.86. The summed E-state index contributed by atoms with van der Waals surface area (Å²) in [6.07, 6.45) is 0. The van der Waals surface area contributed by atoms with E-state index in [1.54, 1.807) is 5.51 Å². The molecule has 4 nitrogen and oxygen atoms in total. The fraction of sp³-hybridized carbons (Fsp3) is 0.250. The number of nitrogens with zero attached hydrogens (tertiary/aromatic N) is 2. The molecule has 1 aromatic heterocycles. The molecular weight excluding hydrogens is 302 g/mol. The smallest absolute Gasteiger partial charge is 0.233 e. The van der Waals surface area contributed by atoms with Gasteiger partial charge in [-0.25, -0.2) is 0 Å². The van der Waals surface area contributed by atoms with E-state index in [0.717, 1.165) is 9.90 Å². The number of aromatic nitrogens is 2. The van der Waals surface area contributed by atoms with E-state index in [4.69, 9.17) is 11.6 Å². The number of benzene rings is 1. The molecule has 1 unspecified atom stereocenters. The van der Waals surface area contributed by atoms with Crippen molar-refractivity contribution in [2.24, 2.45) is 0 Å². The summed E-state index contributed by atoms with van der Waals surface area (Å²) in [5.74, 6) is -0.0416. The molecule has 1 aromatic carbocycles. The van der Waals surface area contributed by atoms with E-state index in [1.165, 1.54) is 23.1 Å². The Morgan fingerprint density at radius 1 is 1.53 bits per heavy atom. The van der Waals surface area contributed by atoms with Crippen LogP contribution in [0.25, 0.3) is 0 Å². The molecule has 7 heteroatoms. The summed E-state index contributed by atoms with van der Waals surface area (Å²) >= 11 is 8.85. The summed E-state index contributed by atoms with van der Waals surface area (Å²) in [6, 6.07) is 7.46. The van der Waals surface area contributed by atoms with E-state index < -0.39 is 0 Å². The van der Waals surface area contributed by atoms with Crippen LogP contribution in [-0.4, -0.2) is 21.4 Å². The van der Waals surface area contributed by atoms with Crippen LogP contribution in [0.1, 0.15) is 12.5 Å². The lowest BCUT2D eigenvalue weighted by Gasteiger charge is -2.11. The number of thioether (sulfide) groups is 1. The maximum atomic E-state index is 11.9. The van der Waals surface area contributed by atoms with Crippen LogP contribution in [0.4, 0.5) is 0 Å². The van der Waals surface area contributed by atoms with Crippen LogP contribution in [0.15, 0.2) is 34.1 Å². The van der Waals surface area contributed by atoms with E-state index >= 15 is 0 Å². The van der Waals surface area contributed by atoms with Gasteiger partial charge in [0.15, 0.2) is 4.34 Å². The highest BCUT2D eigenvalue weighted by molar-refractivity contribution is 8.02. The van der Waals surface area contributed by atoms with Crippen molar-refractivity contribution in [2.45, 2.75) is 23.1 Å². The van der Waals surface area contributed by atoms with Gasteiger partial charge in [-0.2, -0.15) is 0 Å². The summed E-state index contributed by atoms with van der Waals surface area (Å²) in [4.78, 5) is 11.9. The maximum Gasteiger partial charge on any atom is 0.233 e. The minimum atomic E-state index is -0.213. The van der Waals surface area contributed by atoms with Gasteiger partial charge < -0.3 is 5.32 Å². The van der Waals surface area contributed by atoms with Crippen molar-refractivity contribution in [2.75, 3.05) is 0 Å². The number of hydrogen-bond donors (Lipinski definition) is 1. The largest absolute Gasteiger partial charge is 0.351 e. The lowest BCUT2D eigenvalue weighted by Crippen LogP contribution is -2.30. The maximum absolute atomic E-state index is 11.9. The van der Waals surface area contributed by atoms with E-state index in [9.17, 15) is 4.79 Å². The summed E-state index contributed by atoms with van der Waals surface area (Å²) in [5.41, 5.74) is 2.56. The molecule has 0 aliphatic carbocycles. The van der Waals surface area contributed by atoms with Gasteiger partial charge in [-0.05, 0) is 18.6 Å². The van der Waals surface area contributed by atoms with Gasteiger partial charge in [0.05, 0.1) is 5.25 Å². The molecule has 2 aromatic rings. The minimum absolute atomic E-state index is 0.0416. The van der Waals surface area contributed by atoms with Crippen LogP contribution in [0.2, 0.25) is 5.02 Å². The lowest BCUT2D eigenvalue weighted by molar-refractivity contribution is -0.120. The molecule has 0 spiro atoms. The average Bonchev–Trinajstić information content (AvgIpc) is 2.90. The van der Waals surface area contributed by atoms with Crippen molar-refractivity contribution in [1.29, 1.82) is 0 Å². The molecule has 0 aliphatic heterocycles. The van der Waals surface area contributed by atoms with Gasteiger partial charge in [-0.1, -0.05) is 52.9 Å². The molecule has 0 fully saturated rings. The van der Waals surface area contributed by atoms with Crippen molar-refractivity contribution in [1.82, 2.24) is 15.5 Å². The Morgan fingerprint density at radius 2 is 2.32 bits per heavy atom. The predicted molar refractivity (Wildman–Crippen MR) is 78.5 cm³/mol. The van der Waals surface area contributed by atoms with E-state index in [0.29, 0.717) is 11.6 Å². The van der Waals surface area contributed by atoms with Crippen molar-refractivity contribution in [3.8, 4) is 0 Å². The van der Waals surface area contributed by atoms with Crippen LogP contribution in [-0.2, 0) is 11.3 Å². The number of rotatable bonds is 5. The molecule has 1 amide bonds. The lowest BCUT2D eigenvalue weighted by atomic mass is 10.2. The average molecular weight is 314 g/mol. The Hall–Kier alpha value is -1.11. The predicted octanol–water partition coefficient (Wildman–Crippen LogP) is 2.99. The molecular formula is C12H12ClN3OS2. The van der Waals surface area contributed by atoms with E-state index in [2.05, 4.69) is 15.5 Å². The minimum Gasteiger partial charge on any atom is -0.351 e. The Labute approximate surface area is 124 Å². The molecule has 0 aliphatic rings. The van der Waals surface area contributed by atoms with Crippen molar-refractivity contribution in [3.63, 3.8) is 0 Å². The first-order valence-electron chi connectivity index (χ1n) is 5.61. The van der Waals surface area contributed by atoms with Crippen molar-refractivity contribution in [3.05, 3.63) is 40.4 Å². The second kappa shape index (κ2) is 6.88. The van der Waals surface area contributed by atoms with Gasteiger partial charge in [0.2, 0.25) is 5.91 Å². The standard InChI is InChI=1S/C12H12ClN3OS2/c1-8(19-12-16-15-7-18-12)11(17)14-6-9-4-2-3-5-10(9)13/h2-5,7-8H,6H2,1H3,(H,14,17). The summed E-state index contributed by atoms with van der Waals surface area (Å²) < 4.78 is 0.792. The summed E-state index contributed by atoms with van der Waals surface area (Å²) in [6.45, 7) is 2.27. The summed E-state index contributed by atoms with van der Waals surface area (Å²) in [7, 11) is 0. The third-order valence-electron chi connectivity index (χ3n) is 2.40. The van der Waals surface area contributed by atoms with Gasteiger partial charge in [0.25, 0.3) is 0 Å². The number of hydrogen-bond acceptors (Lipinski definition) is 5. The molecule has 0 bridgehead atoms. The fourth-order valence-corrected chi connectivity index (χ4v) is 3.24. The SMILES string of the molecule is CC(Sc1nncs1)C(=O)NCc1ccccc1Cl. The Morgan fingerprint density at radius 3 is 3.00 bits per heavy atom. The molecule has 100 valence electrons. The van der Waals surface area contributed by atoms with Gasteiger partial charge in [-0.15, -0.1) is 10.2 Å². The molecule has 19 heavy (non-hydrogen) atoms. The normalized spacial score (nSPS) is 12.1. The number of halogens is 1. The van der Waals surface area contributed by atoms with Crippen LogP contribution >= 0.6 is 34.7 Å². The molecule has 1 atom stereocenters. The monoisotopic (exact) mass is 313 g/mol. The highest BCUT2D eigenvalue weighted by Gasteiger charge is 2.15. The van der Waals surface area contributed by atoms with Crippen LogP contribution in [0.3, 0.4) is 0 Å². The van der Waals surface area contributed by atoms with Crippen LogP contribution in [0.5, 0.6) is 0 Å². The first-order chi connectivity index (χ1) is 9.16. The Kier molecular flexibility index (Phi) is 5.18. The third-order valence-corrected chi connectivity index (χ3v) is 4.68. The number of nitrogens with one attached hydrogen (secondary N) is 1. The molecule has 0 radical (unpaired) electrons. The zero-order chi connectivity index (χ0) is 13.7. The Bertz CT molecular complexity index is 548. The quantitative estimate of drug-likeness (QED) is 0.862. The second-order valence-electron chi connectivity index (χ2n) is 3.77. The zero-order valence-corrected chi connectivity index (χ0v) is 12.6. The number of amides is 1. The highest BCUT2D eigenvalue weighted by Crippen LogP contribution is 2.24. The molecule has 0 saturated carbocycles. The fourth-order valence-electron chi connectivity index (χ4n) is 1.39. The first-order valence-corrected chi connectivity index (χ1v) is 7.74. The topological polar surface area (TPSA) is 54.9 Å². The van der Waals surface area contributed by atoms with Gasteiger partial charge in [0.1, 0.15) is 5.51 Å². The second-order valence-corrected chi connectivity index (χ2v) is 6.60.